The van der Waals surface area contributed by atoms with Crippen LogP contribution in [-0.2, 0) is 35.5 Å². The zero-order valence-electron chi connectivity index (χ0n) is 40.6. The van der Waals surface area contributed by atoms with Gasteiger partial charge in [-0.15, -0.1) is 0 Å². The van der Waals surface area contributed by atoms with Gasteiger partial charge in [0.15, 0.2) is 0 Å². The molecule has 1 aliphatic rings. The van der Waals surface area contributed by atoms with Crippen LogP contribution >= 0.6 is 0 Å². The molecule has 0 aliphatic heterocycles. The Balaban J connectivity index is 0.000000172. The number of hydrogen-bond donors (Lipinski definition) is 6. The number of aromatic nitrogens is 2. The average molecular weight is 923 g/mol. The Bertz CT molecular complexity index is 3090. The van der Waals surface area contributed by atoms with Crippen molar-refractivity contribution in [2.24, 2.45) is 5.92 Å². The second-order valence-electron chi connectivity index (χ2n) is 19.7. The summed E-state index contributed by atoms with van der Waals surface area (Å²) in [5.41, 5.74) is 6.74. The summed E-state index contributed by atoms with van der Waals surface area (Å²) in [6, 6.07) is 44.8. The maximum Gasteiger partial charge on any atom is 0.240 e. The predicted molar refractivity (Wildman–Crippen MR) is 279 cm³/mol. The van der Waals surface area contributed by atoms with E-state index < -0.39 is 11.1 Å². The molecule has 2 amide bonds. The number of amides is 2. The molecule has 1 saturated carbocycles. The highest BCUT2D eigenvalue weighted by molar-refractivity contribution is 5.90. The standard InChI is InChI=1S/C30H31N3O2.C29H35N3O2/c1-20-12-14-22(15-13-20)21(2)33-29(34)30(3,17-24-18-31-27-10-6-5-9-26(24)27)32-19-25-16-23-8-4-7-11-28(23)35-25;1-20(21-10-4-3-5-11-21)32-28(33)29(2,17-23-18-30-26-14-8-7-13-25(23)26)31-19-24-16-22-12-6-9-15-27(22)34-24/h4-16,18,21,31-32H,17,19H2,1-3H3,(H,33,34);6-9,12-16,18,20-21,30-31H,3-5,10-11,17,19H2,1-2H3,(H,32,33)/t21-,30-;20-,29-/m11/s1. The fourth-order valence-corrected chi connectivity index (χ4v) is 9.99. The Morgan fingerprint density at radius 3 is 1.58 bits per heavy atom. The minimum atomic E-state index is -0.858. The molecule has 10 heteroatoms. The lowest BCUT2D eigenvalue weighted by molar-refractivity contribution is -0.128. The molecule has 4 atom stereocenters. The first-order valence-corrected chi connectivity index (χ1v) is 24.7. The Hall–Kier alpha value is -6.88. The van der Waals surface area contributed by atoms with Crippen LogP contribution in [0.1, 0.15) is 99.6 Å². The maximum atomic E-state index is 13.8. The highest BCUT2D eigenvalue weighted by atomic mass is 16.3. The van der Waals surface area contributed by atoms with Gasteiger partial charge < -0.3 is 29.4 Å². The Morgan fingerprint density at radius 1 is 0.609 bits per heavy atom. The van der Waals surface area contributed by atoms with Gasteiger partial charge in [0.05, 0.1) is 30.2 Å². The third-order valence-electron chi connectivity index (χ3n) is 14.3. The van der Waals surface area contributed by atoms with E-state index in [1.165, 1.54) is 37.7 Å². The number of furan rings is 2. The highest BCUT2D eigenvalue weighted by Crippen LogP contribution is 2.30. The largest absolute Gasteiger partial charge is 0.460 e. The molecule has 4 aromatic heterocycles. The van der Waals surface area contributed by atoms with E-state index >= 15 is 0 Å². The average Bonchev–Trinajstić information content (AvgIpc) is 4.18. The van der Waals surface area contributed by atoms with E-state index in [-0.39, 0.29) is 23.9 Å². The van der Waals surface area contributed by atoms with Crippen molar-refractivity contribution in [3.05, 3.63) is 180 Å². The third kappa shape index (κ3) is 11.0. The molecule has 356 valence electrons. The summed E-state index contributed by atoms with van der Waals surface area (Å²) in [7, 11) is 0. The quantitative estimate of drug-likeness (QED) is 0.0570. The number of fused-ring (bicyclic) bond motifs is 4. The van der Waals surface area contributed by atoms with Crippen molar-refractivity contribution in [1.82, 2.24) is 31.2 Å². The van der Waals surface area contributed by atoms with Crippen LogP contribution in [0.5, 0.6) is 0 Å². The molecule has 0 radical (unpaired) electrons. The van der Waals surface area contributed by atoms with Gasteiger partial charge in [-0.05, 0) is 106 Å². The normalized spacial score (nSPS) is 15.8. The fourth-order valence-electron chi connectivity index (χ4n) is 9.99. The van der Waals surface area contributed by atoms with Crippen molar-refractivity contribution in [1.29, 1.82) is 0 Å². The summed E-state index contributed by atoms with van der Waals surface area (Å²) in [6.45, 7) is 11.2. The van der Waals surface area contributed by atoms with Gasteiger partial charge in [0, 0.05) is 63.9 Å². The van der Waals surface area contributed by atoms with Crippen molar-refractivity contribution >= 4 is 55.6 Å². The molecular weight excluding hydrogens is 857 g/mol. The summed E-state index contributed by atoms with van der Waals surface area (Å²) in [5.74, 6) is 2.19. The SMILES string of the molecule is C[C@@H](NC(=O)[C@@](C)(Cc1c[nH]c2ccccc12)NCc1cc2ccccc2o1)C1CCCCC1.Cc1ccc([C@@H](C)NC(=O)[C@@](C)(Cc2c[nH]c3ccccc23)NCc2cc3ccccc3o2)cc1. The minimum Gasteiger partial charge on any atom is -0.460 e. The number of rotatable bonds is 16. The van der Waals surface area contributed by atoms with Crippen molar-refractivity contribution in [2.45, 2.75) is 116 Å². The second-order valence-corrected chi connectivity index (χ2v) is 19.7. The molecule has 5 aromatic carbocycles. The number of benzene rings is 5. The number of aromatic amines is 2. The van der Waals surface area contributed by atoms with Gasteiger partial charge in [0.2, 0.25) is 11.8 Å². The number of hydrogen-bond acceptors (Lipinski definition) is 6. The first-order valence-electron chi connectivity index (χ1n) is 24.7. The first kappa shape index (κ1) is 47.2. The number of carbonyl (C=O) groups excluding carboxylic acids is 2. The molecule has 0 unspecified atom stereocenters. The smallest absolute Gasteiger partial charge is 0.240 e. The zero-order chi connectivity index (χ0) is 48.0. The van der Waals surface area contributed by atoms with E-state index in [1.807, 2.05) is 112 Å². The van der Waals surface area contributed by atoms with Gasteiger partial charge >= 0.3 is 0 Å². The first-order chi connectivity index (χ1) is 33.4. The topological polar surface area (TPSA) is 140 Å². The summed E-state index contributed by atoms with van der Waals surface area (Å²) in [6.07, 6.45) is 11.4. The lowest BCUT2D eigenvalue weighted by Gasteiger charge is -2.34. The van der Waals surface area contributed by atoms with Crippen LogP contribution in [0.3, 0.4) is 0 Å². The second kappa shape index (κ2) is 20.8. The molecular formula is C59H66N6O4. The van der Waals surface area contributed by atoms with Crippen molar-refractivity contribution in [2.75, 3.05) is 0 Å². The summed E-state index contributed by atoms with van der Waals surface area (Å²) in [4.78, 5) is 34.2. The monoisotopic (exact) mass is 923 g/mol. The lowest BCUT2D eigenvalue weighted by atomic mass is 9.84. The Morgan fingerprint density at radius 2 is 1.07 bits per heavy atom. The molecule has 4 heterocycles. The van der Waals surface area contributed by atoms with E-state index in [2.05, 4.69) is 99.7 Å². The molecule has 0 bridgehead atoms. The number of nitrogens with one attached hydrogen (secondary N) is 6. The predicted octanol–water partition coefficient (Wildman–Crippen LogP) is 12.3. The molecule has 1 fully saturated rings. The fraction of sp³-hybridized carbons (Fsp3) is 0.322. The number of para-hydroxylation sites is 4. The van der Waals surface area contributed by atoms with Crippen LogP contribution in [0.4, 0.5) is 0 Å². The summed E-state index contributed by atoms with van der Waals surface area (Å²) in [5, 5.41) is 18.1. The lowest BCUT2D eigenvalue weighted by Crippen LogP contribution is -2.58. The molecule has 0 spiro atoms. The summed E-state index contributed by atoms with van der Waals surface area (Å²) >= 11 is 0. The van der Waals surface area contributed by atoms with Gasteiger partial charge in [-0.3, -0.25) is 20.2 Å². The van der Waals surface area contributed by atoms with Crippen LogP contribution in [-0.4, -0.2) is 38.9 Å². The molecule has 10 rings (SSSR count). The third-order valence-corrected chi connectivity index (χ3v) is 14.3. The number of H-pyrrole nitrogens is 2. The van der Waals surface area contributed by atoms with E-state index in [4.69, 9.17) is 8.83 Å². The van der Waals surface area contributed by atoms with E-state index in [0.29, 0.717) is 31.8 Å². The van der Waals surface area contributed by atoms with Gasteiger partial charge in [-0.25, -0.2) is 0 Å². The van der Waals surface area contributed by atoms with Gasteiger partial charge in [0.1, 0.15) is 22.7 Å². The van der Waals surface area contributed by atoms with Gasteiger partial charge in [-0.1, -0.05) is 122 Å². The highest BCUT2D eigenvalue weighted by Gasteiger charge is 2.37. The van der Waals surface area contributed by atoms with Crippen molar-refractivity contribution < 1.29 is 18.4 Å². The Labute approximate surface area is 405 Å². The zero-order valence-corrected chi connectivity index (χ0v) is 40.6. The molecule has 0 saturated heterocycles. The van der Waals surface area contributed by atoms with Crippen molar-refractivity contribution in [3.8, 4) is 0 Å². The van der Waals surface area contributed by atoms with Gasteiger partial charge in [0.25, 0.3) is 0 Å². The van der Waals surface area contributed by atoms with Crippen LogP contribution in [0.15, 0.2) is 155 Å². The van der Waals surface area contributed by atoms with Crippen molar-refractivity contribution in [3.63, 3.8) is 0 Å². The van der Waals surface area contributed by atoms with Crippen LogP contribution in [0.2, 0.25) is 0 Å². The van der Waals surface area contributed by atoms with Crippen LogP contribution in [0.25, 0.3) is 43.7 Å². The maximum absolute atomic E-state index is 13.8. The van der Waals surface area contributed by atoms with E-state index in [1.54, 1.807) is 0 Å². The molecule has 69 heavy (non-hydrogen) atoms. The molecule has 10 nitrogen and oxygen atoms in total. The molecule has 6 N–H and O–H groups in total. The minimum absolute atomic E-state index is 0.0481. The van der Waals surface area contributed by atoms with Crippen LogP contribution < -0.4 is 21.3 Å². The number of aryl methyl sites for hydroxylation is 1. The van der Waals surface area contributed by atoms with E-state index in [9.17, 15) is 9.59 Å². The molecule has 1 aliphatic carbocycles. The molecule has 9 aromatic rings. The van der Waals surface area contributed by atoms with Crippen LogP contribution in [0, 0.1) is 12.8 Å². The van der Waals surface area contributed by atoms with Gasteiger partial charge in [-0.2, -0.15) is 0 Å². The van der Waals surface area contributed by atoms with E-state index in [0.717, 1.165) is 72.0 Å². The summed E-state index contributed by atoms with van der Waals surface area (Å²) < 4.78 is 12.0. The number of carbonyl (C=O) groups is 2. The Kier molecular flexibility index (Phi) is 14.2.